The molecule has 0 fully saturated rings. The van der Waals surface area contributed by atoms with Crippen LogP contribution in [0.15, 0.2) is 71.6 Å². The fourth-order valence-corrected chi connectivity index (χ4v) is 2.66. The lowest BCUT2D eigenvalue weighted by atomic mass is 10.1. The Morgan fingerprint density at radius 1 is 0.909 bits per heavy atom. The van der Waals surface area contributed by atoms with Gasteiger partial charge in [-0.2, -0.15) is 4.83 Å². The zero-order valence-electron chi connectivity index (χ0n) is 11.5. The van der Waals surface area contributed by atoms with Crippen LogP contribution in [-0.4, -0.2) is 5.91 Å². The molecule has 0 heterocycles. The van der Waals surface area contributed by atoms with Gasteiger partial charge < -0.3 is 0 Å². The Hall–Kier alpha value is -2.37. The largest absolute Gasteiger partial charge is 0.277 e. The second-order valence-corrected chi connectivity index (χ2v) is 5.53. The molecule has 0 saturated carbocycles. The molecule has 0 bridgehead atoms. The standard InChI is InChI=1S/C17H13FN2OS/c18-16-8-4-3-7-15(16)17(21)19-20-22-14-10-9-12-5-1-2-6-13(12)11-14/h1-11,20H,(H,19,21). The Kier molecular flexibility index (Phi) is 4.37. The topological polar surface area (TPSA) is 41.1 Å². The summed E-state index contributed by atoms with van der Waals surface area (Å²) in [6, 6.07) is 19.9. The Labute approximate surface area is 131 Å². The lowest BCUT2D eigenvalue weighted by Gasteiger charge is -2.07. The van der Waals surface area contributed by atoms with Crippen molar-refractivity contribution in [2.24, 2.45) is 0 Å². The minimum atomic E-state index is -0.544. The van der Waals surface area contributed by atoms with E-state index in [2.05, 4.69) is 10.3 Å². The number of halogens is 1. The van der Waals surface area contributed by atoms with Crippen molar-refractivity contribution in [3.8, 4) is 0 Å². The highest BCUT2D eigenvalue weighted by atomic mass is 32.2. The zero-order valence-corrected chi connectivity index (χ0v) is 12.4. The lowest BCUT2D eigenvalue weighted by molar-refractivity contribution is 0.0943. The summed E-state index contributed by atoms with van der Waals surface area (Å²) in [5, 5.41) is 2.27. The highest BCUT2D eigenvalue weighted by Crippen LogP contribution is 2.21. The molecule has 0 saturated heterocycles. The molecule has 0 atom stereocenters. The average molecular weight is 312 g/mol. The van der Waals surface area contributed by atoms with Crippen LogP contribution in [-0.2, 0) is 0 Å². The van der Waals surface area contributed by atoms with E-state index in [-0.39, 0.29) is 5.56 Å². The van der Waals surface area contributed by atoms with Crippen LogP contribution in [0.3, 0.4) is 0 Å². The van der Waals surface area contributed by atoms with Gasteiger partial charge in [-0.15, -0.1) is 0 Å². The minimum absolute atomic E-state index is 0.00844. The smallest absolute Gasteiger partial charge is 0.269 e. The van der Waals surface area contributed by atoms with Gasteiger partial charge in [0.25, 0.3) is 5.91 Å². The average Bonchev–Trinajstić information content (AvgIpc) is 2.55. The van der Waals surface area contributed by atoms with Gasteiger partial charge in [-0.3, -0.25) is 10.2 Å². The van der Waals surface area contributed by atoms with E-state index in [9.17, 15) is 9.18 Å². The third-order valence-electron chi connectivity index (χ3n) is 3.17. The van der Waals surface area contributed by atoms with E-state index >= 15 is 0 Å². The molecule has 0 radical (unpaired) electrons. The molecule has 3 aromatic rings. The normalized spacial score (nSPS) is 10.6. The molecule has 3 aromatic carbocycles. The molecule has 3 nitrogen and oxygen atoms in total. The van der Waals surface area contributed by atoms with Gasteiger partial charge in [0, 0.05) is 4.90 Å². The van der Waals surface area contributed by atoms with Crippen molar-refractivity contribution in [1.29, 1.82) is 0 Å². The van der Waals surface area contributed by atoms with Crippen LogP contribution in [0.2, 0.25) is 0 Å². The first-order valence-corrected chi connectivity index (χ1v) is 7.51. The molecule has 1 amide bonds. The first-order chi connectivity index (χ1) is 10.7. The number of fused-ring (bicyclic) bond motifs is 1. The summed E-state index contributed by atoms with van der Waals surface area (Å²) >= 11 is 1.26. The van der Waals surface area contributed by atoms with Crippen molar-refractivity contribution < 1.29 is 9.18 Å². The van der Waals surface area contributed by atoms with Crippen molar-refractivity contribution in [2.45, 2.75) is 4.90 Å². The third kappa shape index (κ3) is 3.27. The van der Waals surface area contributed by atoms with Crippen molar-refractivity contribution >= 4 is 28.6 Å². The van der Waals surface area contributed by atoms with Gasteiger partial charge in [-0.1, -0.05) is 42.5 Å². The second-order valence-electron chi connectivity index (χ2n) is 4.65. The summed E-state index contributed by atoms with van der Waals surface area (Å²) in [7, 11) is 0. The van der Waals surface area contributed by atoms with E-state index in [1.54, 1.807) is 12.1 Å². The Bertz CT molecular complexity index is 822. The first kappa shape index (κ1) is 14.6. The fraction of sp³-hybridized carbons (Fsp3) is 0. The molecule has 0 spiro atoms. The van der Waals surface area contributed by atoms with Crippen LogP contribution in [0.4, 0.5) is 4.39 Å². The molecule has 3 rings (SSSR count). The fourth-order valence-electron chi connectivity index (χ4n) is 2.07. The molecule has 0 aromatic heterocycles. The summed E-state index contributed by atoms with van der Waals surface area (Å²) in [5.41, 5.74) is 2.48. The predicted octanol–water partition coefficient (Wildman–Crippen LogP) is 3.92. The number of rotatable bonds is 4. The van der Waals surface area contributed by atoms with Gasteiger partial charge in [-0.25, -0.2) is 4.39 Å². The molecule has 22 heavy (non-hydrogen) atoms. The van der Waals surface area contributed by atoms with Crippen molar-refractivity contribution in [3.63, 3.8) is 0 Å². The van der Waals surface area contributed by atoms with Gasteiger partial charge in [0.15, 0.2) is 0 Å². The van der Waals surface area contributed by atoms with Crippen molar-refractivity contribution in [2.75, 3.05) is 0 Å². The van der Waals surface area contributed by atoms with Crippen LogP contribution in [0.1, 0.15) is 10.4 Å². The number of hydrogen-bond acceptors (Lipinski definition) is 3. The first-order valence-electron chi connectivity index (χ1n) is 6.69. The highest BCUT2D eigenvalue weighted by molar-refractivity contribution is 7.97. The molecule has 110 valence electrons. The van der Waals surface area contributed by atoms with E-state index < -0.39 is 11.7 Å². The highest BCUT2D eigenvalue weighted by Gasteiger charge is 2.09. The molecule has 0 unspecified atom stereocenters. The summed E-state index contributed by atoms with van der Waals surface area (Å²) in [6.07, 6.45) is 0. The Balaban J connectivity index is 1.62. The van der Waals surface area contributed by atoms with Gasteiger partial charge >= 0.3 is 0 Å². The van der Waals surface area contributed by atoms with E-state index in [1.807, 2.05) is 42.5 Å². The van der Waals surface area contributed by atoms with Gasteiger partial charge in [0.05, 0.1) is 5.56 Å². The number of carbonyl (C=O) groups excluding carboxylic acids is 1. The van der Waals surface area contributed by atoms with Crippen molar-refractivity contribution in [1.82, 2.24) is 10.3 Å². The van der Waals surface area contributed by atoms with Gasteiger partial charge in [0.1, 0.15) is 5.82 Å². The van der Waals surface area contributed by atoms with Crippen molar-refractivity contribution in [3.05, 3.63) is 78.1 Å². The van der Waals surface area contributed by atoms with E-state index in [0.717, 1.165) is 15.7 Å². The maximum absolute atomic E-state index is 13.5. The quantitative estimate of drug-likeness (QED) is 0.567. The number of benzene rings is 3. The zero-order chi connectivity index (χ0) is 15.4. The summed E-state index contributed by atoms with van der Waals surface area (Å²) in [5.74, 6) is -1.05. The number of carbonyl (C=O) groups is 1. The lowest BCUT2D eigenvalue weighted by Crippen LogP contribution is -2.33. The third-order valence-corrected chi connectivity index (χ3v) is 3.87. The number of hydrazine groups is 1. The predicted molar refractivity (Wildman–Crippen MR) is 86.8 cm³/mol. The van der Waals surface area contributed by atoms with E-state index in [0.29, 0.717) is 0 Å². The SMILES string of the molecule is O=C(NNSc1ccc2ccccc2c1)c1ccccc1F. The van der Waals surface area contributed by atoms with Gasteiger partial charge in [-0.05, 0) is 47.0 Å². The number of amides is 1. The summed E-state index contributed by atoms with van der Waals surface area (Å²) < 4.78 is 13.5. The number of hydrogen-bond donors (Lipinski definition) is 2. The molecule has 5 heteroatoms. The maximum atomic E-state index is 13.5. The molecular formula is C17H13FN2OS. The molecular weight excluding hydrogens is 299 g/mol. The molecule has 0 aliphatic heterocycles. The van der Waals surface area contributed by atoms with Crippen LogP contribution < -0.4 is 10.3 Å². The number of nitrogens with one attached hydrogen (secondary N) is 2. The monoisotopic (exact) mass is 312 g/mol. The summed E-state index contributed by atoms with van der Waals surface area (Å²) in [4.78, 5) is 15.5. The Morgan fingerprint density at radius 2 is 1.64 bits per heavy atom. The van der Waals surface area contributed by atoms with Crippen LogP contribution in [0.25, 0.3) is 10.8 Å². The van der Waals surface area contributed by atoms with Crippen LogP contribution in [0, 0.1) is 5.82 Å². The minimum Gasteiger partial charge on any atom is -0.277 e. The molecule has 0 aliphatic carbocycles. The Morgan fingerprint density at radius 3 is 2.45 bits per heavy atom. The maximum Gasteiger partial charge on any atom is 0.269 e. The van der Waals surface area contributed by atoms with E-state index in [4.69, 9.17) is 0 Å². The molecule has 2 N–H and O–H groups in total. The van der Waals surface area contributed by atoms with Gasteiger partial charge in [0.2, 0.25) is 0 Å². The van der Waals surface area contributed by atoms with E-state index in [1.165, 1.54) is 24.1 Å². The van der Waals surface area contributed by atoms with Crippen LogP contribution >= 0.6 is 11.9 Å². The summed E-state index contributed by atoms with van der Waals surface area (Å²) in [6.45, 7) is 0. The second kappa shape index (κ2) is 6.60. The molecule has 0 aliphatic rings. The van der Waals surface area contributed by atoms with Crippen LogP contribution in [0.5, 0.6) is 0 Å².